The number of carbonyl (C=O) groups is 1. The van der Waals surface area contributed by atoms with Crippen molar-refractivity contribution in [3.8, 4) is 17.2 Å². The van der Waals surface area contributed by atoms with E-state index < -0.39 is 40.2 Å². The van der Waals surface area contributed by atoms with Gasteiger partial charge >= 0.3 is 11.9 Å². The molecule has 2 N–H and O–H groups in total. The highest BCUT2D eigenvalue weighted by Gasteiger charge is 2.47. The van der Waals surface area contributed by atoms with Gasteiger partial charge in [0.05, 0.1) is 21.3 Å². The molecule has 2 atom stereocenters. The predicted molar refractivity (Wildman–Crippen MR) is 171 cm³/mol. The van der Waals surface area contributed by atoms with Gasteiger partial charge in [-0.25, -0.2) is 13.6 Å². The number of amides is 1. The molecule has 0 bridgehead atoms. The maximum atomic E-state index is 16.0. The van der Waals surface area contributed by atoms with Gasteiger partial charge in [-0.05, 0) is 44.2 Å². The summed E-state index contributed by atoms with van der Waals surface area (Å²) in [5, 5.41) is 9.46. The molecular weight excluding hydrogens is 660 g/mol. The minimum atomic E-state index is -5.04. The normalized spacial score (nSPS) is 20.5. The highest BCUT2D eigenvalue weighted by atomic mass is 32.2. The van der Waals surface area contributed by atoms with Crippen LogP contribution in [0.5, 0.6) is 0 Å². The lowest BCUT2D eigenvalue weighted by Crippen LogP contribution is -2.58. The number of aromatic nitrogens is 2. The summed E-state index contributed by atoms with van der Waals surface area (Å²) in [6, 6.07) is 2.43. The summed E-state index contributed by atoms with van der Waals surface area (Å²) in [6.45, 7) is 7.72. The first-order valence-electron chi connectivity index (χ1n) is 14.8. The summed E-state index contributed by atoms with van der Waals surface area (Å²) >= 11 is 1.75. The Bertz CT molecular complexity index is 2140. The van der Waals surface area contributed by atoms with Crippen LogP contribution >= 0.6 is 23.1 Å². The van der Waals surface area contributed by atoms with Crippen LogP contribution in [0.15, 0.2) is 34.5 Å². The Kier molecular flexibility index (Phi) is 7.14. The van der Waals surface area contributed by atoms with Crippen molar-refractivity contribution in [1.82, 2.24) is 14.5 Å². The van der Waals surface area contributed by atoms with Crippen molar-refractivity contribution in [2.75, 3.05) is 29.5 Å². The molecule has 8 nitrogen and oxygen atoms in total. The number of halogens is 5. The number of alkyl halides is 3. The average molecular weight is 687 g/mol. The van der Waals surface area contributed by atoms with E-state index in [9.17, 15) is 14.9 Å². The number of nitrogens with zero attached hydrogens (tertiary/aromatic N) is 5. The molecule has 4 aromatic rings. The molecule has 2 aliphatic heterocycles. The van der Waals surface area contributed by atoms with E-state index in [4.69, 9.17) is 5.73 Å². The molecule has 0 unspecified atom stereocenters. The smallest absolute Gasteiger partial charge is 0.389 e. The Labute approximate surface area is 273 Å². The molecule has 0 radical (unpaired) electrons. The van der Waals surface area contributed by atoms with Gasteiger partial charge in [0.2, 0.25) is 5.91 Å². The van der Waals surface area contributed by atoms with Gasteiger partial charge in [0, 0.05) is 70.3 Å². The Balaban J connectivity index is 1.59. The highest BCUT2D eigenvalue weighted by molar-refractivity contribution is 7.99. The van der Waals surface area contributed by atoms with Crippen LogP contribution in [-0.2, 0) is 17.5 Å². The van der Waals surface area contributed by atoms with E-state index in [0.717, 1.165) is 30.7 Å². The number of nitriles is 1. The second kappa shape index (κ2) is 10.7. The standard InChI is InChI=1S/C32H27F5N6O2S2/c1-4-21(44)43-14(2)10-41(11-15(43)3)29-16-7-18(32(35,36)37)23(24-19(33)8-20(34)26-22(24)17(9-38)28(39)47-26)27-25(16)42(30(45)40-29)12-31(5-6-31)13-46-27/h4,7-8,14-15H,1,5-6,10-13,39H2,2-3H3/t14-,15+. The molecule has 2 aromatic heterocycles. The van der Waals surface area contributed by atoms with E-state index >= 15 is 22.0 Å². The maximum absolute atomic E-state index is 16.0. The third-order valence-electron chi connectivity index (χ3n) is 9.38. The fourth-order valence-corrected chi connectivity index (χ4v) is 9.57. The van der Waals surface area contributed by atoms with E-state index in [-0.39, 0.29) is 85.3 Å². The molecular formula is C32H27F5N6O2S2. The van der Waals surface area contributed by atoms with Crippen LogP contribution in [-0.4, -0.2) is 51.3 Å². The van der Waals surface area contributed by atoms with E-state index in [1.165, 1.54) is 10.6 Å². The van der Waals surface area contributed by atoms with Crippen LogP contribution in [0.25, 0.3) is 32.1 Å². The molecule has 1 aliphatic carbocycles. The van der Waals surface area contributed by atoms with Gasteiger partial charge in [-0.3, -0.25) is 9.36 Å². The molecule has 1 saturated carbocycles. The van der Waals surface area contributed by atoms with Crippen molar-refractivity contribution in [1.29, 1.82) is 5.26 Å². The van der Waals surface area contributed by atoms with Gasteiger partial charge in [0.25, 0.3) is 0 Å². The van der Waals surface area contributed by atoms with Crippen LogP contribution in [0.1, 0.15) is 37.8 Å². The van der Waals surface area contributed by atoms with Crippen LogP contribution < -0.4 is 16.3 Å². The monoisotopic (exact) mass is 686 g/mol. The second-order valence-electron chi connectivity index (χ2n) is 12.5. The van der Waals surface area contributed by atoms with E-state index in [2.05, 4.69) is 11.6 Å². The topological polar surface area (TPSA) is 108 Å². The number of thiophene rings is 1. The first-order valence-corrected chi connectivity index (χ1v) is 16.6. The summed E-state index contributed by atoms with van der Waals surface area (Å²) < 4.78 is 78.0. The third kappa shape index (κ3) is 4.78. The number of thioether (sulfide) groups is 1. The Morgan fingerprint density at radius 3 is 2.45 bits per heavy atom. The molecule has 1 spiro atoms. The van der Waals surface area contributed by atoms with E-state index in [1.54, 1.807) is 23.6 Å². The largest absolute Gasteiger partial charge is 0.417 e. The minimum absolute atomic E-state index is 0.00128. The fourth-order valence-electron chi connectivity index (χ4n) is 7.09. The quantitative estimate of drug-likeness (QED) is 0.193. The number of fused-ring (bicyclic) bond motifs is 1. The zero-order chi connectivity index (χ0) is 33.7. The maximum Gasteiger partial charge on any atom is 0.417 e. The van der Waals surface area contributed by atoms with Crippen LogP contribution in [0.2, 0.25) is 0 Å². The Hall–Kier alpha value is -4.16. The summed E-state index contributed by atoms with van der Waals surface area (Å²) in [5.74, 6) is -2.25. The number of carbonyl (C=O) groups excluding carboxylic acids is 1. The van der Waals surface area contributed by atoms with Crippen molar-refractivity contribution in [2.45, 2.75) is 56.4 Å². The lowest BCUT2D eigenvalue weighted by atomic mass is 9.92. The van der Waals surface area contributed by atoms with Gasteiger partial charge in [0.15, 0.2) is 0 Å². The number of rotatable bonds is 3. The lowest BCUT2D eigenvalue weighted by Gasteiger charge is -2.44. The van der Waals surface area contributed by atoms with E-state index in [0.29, 0.717) is 23.2 Å². The third-order valence-corrected chi connectivity index (χ3v) is 11.9. The van der Waals surface area contributed by atoms with Crippen LogP contribution in [0.3, 0.4) is 0 Å². The van der Waals surface area contributed by atoms with Gasteiger partial charge in [-0.15, -0.1) is 23.1 Å². The summed E-state index contributed by atoms with van der Waals surface area (Å²) in [5.41, 5.74) is 2.43. The van der Waals surface area contributed by atoms with Crippen LogP contribution in [0, 0.1) is 28.4 Å². The average Bonchev–Trinajstić information content (AvgIpc) is 3.72. The van der Waals surface area contributed by atoms with Crippen molar-refractivity contribution in [3.05, 3.63) is 58.0 Å². The fraction of sp³-hybridized carbons (Fsp3) is 0.375. The number of piperazine rings is 1. The molecule has 244 valence electrons. The lowest BCUT2D eigenvalue weighted by molar-refractivity contribution is -0.137. The van der Waals surface area contributed by atoms with Crippen molar-refractivity contribution >= 4 is 60.8 Å². The zero-order valence-electron chi connectivity index (χ0n) is 25.2. The predicted octanol–water partition coefficient (Wildman–Crippen LogP) is 6.53. The number of nitrogens with two attached hydrogens (primary N) is 1. The van der Waals surface area contributed by atoms with Crippen molar-refractivity contribution in [3.63, 3.8) is 0 Å². The molecule has 4 heterocycles. The van der Waals surface area contributed by atoms with Crippen molar-refractivity contribution in [2.24, 2.45) is 5.41 Å². The second-order valence-corrected chi connectivity index (χ2v) is 14.6. The van der Waals surface area contributed by atoms with Gasteiger partial charge in [-0.1, -0.05) is 6.58 Å². The molecule has 1 saturated heterocycles. The molecule has 1 amide bonds. The van der Waals surface area contributed by atoms with Gasteiger partial charge in [0.1, 0.15) is 28.5 Å². The number of hydrogen-bond acceptors (Lipinski definition) is 8. The van der Waals surface area contributed by atoms with Crippen LogP contribution in [0.4, 0.5) is 32.8 Å². The molecule has 15 heteroatoms. The first-order chi connectivity index (χ1) is 22.2. The number of hydrogen-bond donors (Lipinski definition) is 1. The van der Waals surface area contributed by atoms with Gasteiger partial charge in [-0.2, -0.15) is 23.4 Å². The summed E-state index contributed by atoms with van der Waals surface area (Å²) in [4.78, 5) is 34.1. The minimum Gasteiger partial charge on any atom is -0.389 e. The zero-order valence-corrected chi connectivity index (χ0v) is 26.8. The Morgan fingerprint density at radius 2 is 1.85 bits per heavy atom. The molecule has 2 aromatic carbocycles. The van der Waals surface area contributed by atoms with Gasteiger partial charge < -0.3 is 15.5 Å². The van der Waals surface area contributed by atoms with Crippen molar-refractivity contribution < 1.29 is 26.7 Å². The summed E-state index contributed by atoms with van der Waals surface area (Å²) in [7, 11) is 0. The molecule has 47 heavy (non-hydrogen) atoms. The first kappa shape index (κ1) is 31.4. The molecule has 3 aliphatic rings. The Morgan fingerprint density at radius 1 is 1.17 bits per heavy atom. The highest BCUT2D eigenvalue weighted by Crippen LogP contribution is 2.57. The number of anilines is 2. The SMILES string of the molecule is C=CC(=O)N1[C@H](C)CN(c2nc(=O)n3c4c(c(-c5c(F)cc(F)c6sc(N)c(C#N)c56)c(C(F)(F)F)cc24)SCC2(CC2)C3)C[C@@H]1C. The summed E-state index contributed by atoms with van der Waals surface area (Å²) in [6.07, 6.45) is -2.35. The number of nitrogen functional groups attached to an aromatic ring is 1. The molecule has 2 fully saturated rings. The van der Waals surface area contributed by atoms with E-state index in [1.807, 2.05) is 6.07 Å². The number of benzene rings is 2. The molecule has 7 rings (SSSR count).